The van der Waals surface area contributed by atoms with E-state index in [1.54, 1.807) is 24.4 Å². The van der Waals surface area contributed by atoms with Crippen LogP contribution >= 0.6 is 0 Å². The van der Waals surface area contributed by atoms with E-state index in [-0.39, 0.29) is 24.8 Å². The van der Waals surface area contributed by atoms with Crippen LogP contribution in [0.1, 0.15) is 36.0 Å². The summed E-state index contributed by atoms with van der Waals surface area (Å²) >= 11 is 0. The second-order valence-corrected chi connectivity index (χ2v) is 6.30. The van der Waals surface area contributed by atoms with Gasteiger partial charge in [-0.15, -0.1) is 0 Å². The SMILES string of the molecule is O=C(NC1CCC(Oc2ccccn2)CC1)c1ccc2c(c1)OCO2. The minimum atomic E-state index is -0.0765. The average Bonchev–Trinajstić information content (AvgIpc) is 3.12. The number of aromatic nitrogens is 1. The summed E-state index contributed by atoms with van der Waals surface area (Å²) in [7, 11) is 0. The van der Waals surface area contributed by atoms with Crippen molar-refractivity contribution in [2.75, 3.05) is 6.79 Å². The van der Waals surface area contributed by atoms with Crippen LogP contribution in [0, 0.1) is 0 Å². The fourth-order valence-corrected chi connectivity index (χ4v) is 3.22. The van der Waals surface area contributed by atoms with Crippen LogP contribution in [-0.2, 0) is 0 Å². The average molecular weight is 340 g/mol. The lowest BCUT2D eigenvalue weighted by Gasteiger charge is -2.29. The number of nitrogens with zero attached hydrogens (tertiary/aromatic N) is 1. The first-order valence-electron chi connectivity index (χ1n) is 8.56. The summed E-state index contributed by atoms with van der Waals surface area (Å²) < 4.78 is 16.5. The van der Waals surface area contributed by atoms with E-state index in [1.807, 2.05) is 18.2 Å². The molecule has 0 radical (unpaired) electrons. The summed E-state index contributed by atoms with van der Waals surface area (Å²) in [5.41, 5.74) is 0.594. The highest BCUT2D eigenvalue weighted by Crippen LogP contribution is 2.32. The van der Waals surface area contributed by atoms with Gasteiger partial charge in [0.2, 0.25) is 12.7 Å². The summed E-state index contributed by atoms with van der Waals surface area (Å²) in [6.45, 7) is 0.209. The van der Waals surface area contributed by atoms with Gasteiger partial charge in [0.15, 0.2) is 11.5 Å². The van der Waals surface area contributed by atoms with E-state index in [4.69, 9.17) is 14.2 Å². The van der Waals surface area contributed by atoms with Crippen LogP contribution in [0.25, 0.3) is 0 Å². The topological polar surface area (TPSA) is 69.7 Å². The number of fused-ring (bicyclic) bond motifs is 1. The Balaban J connectivity index is 1.29. The molecule has 1 N–H and O–H groups in total. The Morgan fingerprint density at radius 1 is 1.08 bits per heavy atom. The number of hydrogen-bond acceptors (Lipinski definition) is 5. The van der Waals surface area contributed by atoms with Crippen molar-refractivity contribution >= 4 is 5.91 Å². The second-order valence-electron chi connectivity index (χ2n) is 6.30. The molecule has 130 valence electrons. The lowest BCUT2D eigenvalue weighted by molar-refractivity contribution is 0.0890. The molecular formula is C19H20N2O4. The summed E-state index contributed by atoms with van der Waals surface area (Å²) in [6.07, 6.45) is 5.49. The van der Waals surface area contributed by atoms with Crippen molar-refractivity contribution in [3.63, 3.8) is 0 Å². The molecule has 6 nitrogen and oxygen atoms in total. The zero-order valence-electron chi connectivity index (χ0n) is 13.8. The van der Waals surface area contributed by atoms with Crippen molar-refractivity contribution in [2.24, 2.45) is 0 Å². The Labute approximate surface area is 146 Å². The Hall–Kier alpha value is -2.76. The Bertz CT molecular complexity index is 742. The van der Waals surface area contributed by atoms with Gasteiger partial charge >= 0.3 is 0 Å². The summed E-state index contributed by atoms with van der Waals surface area (Å²) in [4.78, 5) is 16.6. The van der Waals surface area contributed by atoms with Crippen LogP contribution in [0.3, 0.4) is 0 Å². The van der Waals surface area contributed by atoms with Crippen molar-refractivity contribution in [3.05, 3.63) is 48.2 Å². The molecule has 1 aliphatic heterocycles. The van der Waals surface area contributed by atoms with Crippen molar-refractivity contribution < 1.29 is 19.0 Å². The van der Waals surface area contributed by atoms with Crippen molar-refractivity contribution in [2.45, 2.75) is 37.8 Å². The zero-order chi connectivity index (χ0) is 17.1. The fourth-order valence-electron chi connectivity index (χ4n) is 3.22. The number of ether oxygens (including phenoxy) is 3. The largest absolute Gasteiger partial charge is 0.474 e. The van der Waals surface area contributed by atoms with Crippen LogP contribution in [0.15, 0.2) is 42.6 Å². The minimum absolute atomic E-state index is 0.0765. The van der Waals surface area contributed by atoms with Gasteiger partial charge in [-0.1, -0.05) is 6.07 Å². The molecule has 25 heavy (non-hydrogen) atoms. The molecular weight excluding hydrogens is 320 g/mol. The van der Waals surface area contributed by atoms with E-state index in [1.165, 1.54) is 0 Å². The van der Waals surface area contributed by atoms with Gasteiger partial charge in [0, 0.05) is 23.9 Å². The van der Waals surface area contributed by atoms with Crippen LogP contribution < -0.4 is 19.5 Å². The zero-order valence-corrected chi connectivity index (χ0v) is 13.8. The highest BCUT2D eigenvalue weighted by atomic mass is 16.7. The van der Waals surface area contributed by atoms with Crippen molar-refractivity contribution in [1.29, 1.82) is 0 Å². The highest BCUT2D eigenvalue weighted by molar-refractivity contribution is 5.95. The van der Waals surface area contributed by atoms with Gasteiger partial charge in [-0.05, 0) is 49.9 Å². The number of hydrogen-bond donors (Lipinski definition) is 1. The maximum Gasteiger partial charge on any atom is 0.251 e. The van der Waals surface area contributed by atoms with Gasteiger partial charge in [0.05, 0.1) is 0 Å². The summed E-state index contributed by atoms with van der Waals surface area (Å²) in [6, 6.07) is 11.1. The standard InChI is InChI=1S/C19H20N2O4/c22-19(13-4-9-16-17(11-13)24-12-23-16)21-14-5-7-15(8-6-14)25-18-3-1-2-10-20-18/h1-4,9-11,14-15H,5-8,12H2,(H,21,22). The molecule has 2 aliphatic rings. The van der Waals surface area contributed by atoms with Crippen molar-refractivity contribution in [1.82, 2.24) is 10.3 Å². The molecule has 0 unspecified atom stereocenters. The fraction of sp³-hybridized carbons (Fsp3) is 0.368. The molecule has 1 aromatic heterocycles. The third-order valence-corrected chi connectivity index (χ3v) is 4.57. The lowest BCUT2D eigenvalue weighted by atomic mass is 9.92. The molecule has 1 aliphatic carbocycles. The maximum atomic E-state index is 12.4. The Kier molecular flexibility index (Phi) is 4.41. The first kappa shape index (κ1) is 15.7. The van der Waals surface area contributed by atoms with Crippen LogP contribution in [-0.4, -0.2) is 29.8 Å². The van der Waals surface area contributed by atoms with E-state index in [0.717, 1.165) is 25.7 Å². The highest BCUT2D eigenvalue weighted by Gasteiger charge is 2.25. The molecule has 1 amide bonds. The monoisotopic (exact) mass is 340 g/mol. The van der Waals surface area contributed by atoms with E-state index < -0.39 is 0 Å². The number of carbonyl (C=O) groups excluding carboxylic acids is 1. The number of pyridine rings is 1. The minimum Gasteiger partial charge on any atom is -0.474 e. The molecule has 2 heterocycles. The third kappa shape index (κ3) is 3.68. The first-order chi connectivity index (χ1) is 12.3. The molecule has 1 aromatic carbocycles. The number of rotatable bonds is 4. The smallest absolute Gasteiger partial charge is 0.251 e. The molecule has 0 spiro atoms. The number of nitrogens with one attached hydrogen (secondary N) is 1. The molecule has 1 fully saturated rings. The third-order valence-electron chi connectivity index (χ3n) is 4.57. The quantitative estimate of drug-likeness (QED) is 0.927. The maximum absolute atomic E-state index is 12.4. The number of amides is 1. The van der Waals surface area contributed by atoms with Gasteiger partial charge in [-0.2, -0.15) is 0 Å². The van der Waals surface area contributed by atoms with Gasteiger partial charge in [-0.3, -0.25) is 4.79 Å². The van der Waals surface area contributed by atoms with Crippen molar-refractivity contribution in [3.8, 4) is 17.4 Å². The number of benzene rings is 1. The normalized spacial score (nSPS) is 21.6. The Morgan fingerprint density at radius 2 is 1.92 bits per heavy atom. The van der Waals surface area contributed by atoms with Crippen LogP contribution in [0.2, 0.25) is 0 Å². The summed E-state index contributed by atoms with van der Waals surface area (Å²) in [5, 5.41) is 3.10. The van der Waals surface area contributed by atoms with E-state index >= 15 is 0 Å². The van der Waals surface area contributed by atoms with E-state index in [9.17, 15) is 4.79 Å². The second kappa shape index (κ2) is 7.01. The molecule has 0 atom stereocenters. The van der Waals surface area contributed by atoms with Crippen LogP contribution in [0.4, 0.5) is 0 Å². The molecule has 0 saturated heterocycles. The molecule has 0 bridgehead atoms. The molecule has 2 aromatic rings. The van der Waals surface area contributed by atoms with E-state index in [0.29, 0.717) is 22.9 Å². The number of carbonyl (C=O) groups is 1. The molecule has 4 rings (SSSR count). The molecule has 1 saturated carbocycles. The first-order valence-corrected chi connectivity index (χ1v) is 8.56. The van der Waals surface area contributed by atoms with Gasteiger partial charge in [0.25, 0.3) is 5.91 Å². The predicted molar refractivity (Wildman–Crippen MR) is 90.9 cm³/mol. The lowest BCUT2D eigenvalue weighted by Crippen LogP contribution is -2.39. The van der Waals surface area contributed by atoms with E-state index in [2.05, 4.69) is 10.3 Å². The van der Waals surface area contributed by atoms with Gasteiger partial charge in [-0.25, -0.2) is 4.98 Å². The van der Waals surface area contributed by atoms with Gasteiger partial charge in [0.1, 0.15) is 6.10 Å². The Morgan fingerprint density at radius 3 is 2.72 bits per heavy atom. The van der Waals surface area contributed by atoms with Crippen LogP contribution in [0.5, 0.6) is 17.4 Å². The predicted octanol–water partition coefficient (Wildman–Crippen LogP) is 2.93. The summed E-state index contributed by atoms with van der Waals surface area (Å²) in [5.74, 6) is 1.89. The molecule has 6 heteroatoms. The van der Waals surface area contributed by atoms with Gasteiger partial charge < -0.3 is 19.5 Å².